The van der Waals surface area contributed by atoms with Crippen molar-refractivity contribution < 1.29 is 15.0 Å². The third-order valence-corrected chi connectivity index (χ3v) is 6.89. The van der Waals surface area contributed by atoms with Crippen LogP contribution in [0.5, 0.6) is 0 Å². The first kappa shape index (κ1) is 27.5. The summed E-state index contributed by atoms with van der Waals surface area (Å²) in [5.41, 5.74) is 6.73. The van der Waals surface area contributed by atoms with Crippen LogP contribution in [0.1, 0.15) is 46.3 Å². The lowest BCUT2D eigenvalue weighted by Crippen LogP contribution is -2.21. The van der Waals surface area contributed by atoms with Crippen molar-refractivity contribution in [1.82, 2.24) is 5.32 Å². The summed E-state index contributed by atoms with van der Waals surface area (Å²) in [5.74, 6) is -0.0673. The first-order valence-corrected chi connectivity index (χ1v) is 13.6. The molecule has 1 fully saturated rings. The third kappa shape index (κ3) is 6.84. The van der Waals surface area contributed by atoms with Crippen LogP contribution in [0.3, 0.4) is 0 Å². The van der Waals surface area contributed by atoms with Crippen LogP contribution in [0.25, 0.3) is 22.3 Å². The quantitative estimate of drug-likeness (QED) is 0.253. The molecule has 0 atom stereocenters. The first-order valence-electron chi connectivity index (χ1n) is 13.6. The molecule has 0 spiro atoms. The summed E-state index contributed by atoms with van der Waals surface area (Å²) >= 11 is 0. The van der Waals surface area contributed by atoms with Crippen LogP contribution in [-0.4, -0.2) is 42.3 Å². The smallest absolute Gasteiger partial charge is 0.194 e. The van der Waals surface area contributed by atoms with Crippen molar-refractivity contribution in [3.8, 4) is 22.3 Å². The molecule has 4 nitrogen and oxygen atoms in total. The standard InChI is InChI=1S/C29H26O3.C5H11N/c30-19-17-23-13-7-15-25(27(23)21-9-3-1-4-10-21)29(32)26-16-8-14-24(18-20-31)28(26)22-11-5-2-6-12-22;1-2-4-6-5-3-1/h1-16,30-31H,17-20H2;6H,1-5H2. The fraction of sp³-hybridized carbons (Fsp3) is 0.265. The number of aliphatic hydroxyl groups is 2. The van der Waals surface area contributed by atoms with E-state index in [1.165, 1.54) is 32.4 Å². The molecule has 0 saturated carbocycles. The second kappa shape index (κ2) is 14.4. The Morgan fingerprint density at radius 1 is 0.579 bits per heavy atom. The summed E-state index contributed by atoms with van der Waals surface area (Å²) in [6.07, 6.45) is 5.16. The van der Waals surface area contributed by atoms with Crippen molar-refractivity contribution in [2.75, 3.05) is 26.3 Å². The number of hydrogen-bond donors (Lipinski definition) is 3. The molecule has 196 valence electrons. The predicted molar refractivity (Wildman–Crippen MR) is 155 cm³/mol. The van der Waals surface area contributed by atoms with Crippen molar-refractivity contribution in [3.63, 3.8) is 0 Å². The van der Waals surface area contributed by atoms with E-state index in [4.69, 9.17) is 0 Å². The van der Waals surface area contributed by atoms with Gasteiger partial charge in [-0.3, -0.25) is 4.79 Å². The molecule has 0 aromatic heterocycles. The molecule has 0 radical (unpaired) electrons. The molecule has 4 aromatic rings. The number of carbonyl (C=O) groups excluding carboxylic acids is 1. The van der Waals surface area contributed by atoms with Crippen LogP contribution in [0, 0.1) is 0 Å². The van der Waals surface area contributed by atoms with E-state index in [2.05, 4.69) is 5.32 Å². The fourth-order valence-corrected chi connectivity index (χ4v) is 5.07. The molecule has 1 saturated heterocycles. The van der Waals surface area contributed by atoms with Gasteiger partial charge in [0.1, 0.15) is 0 Å². The third-order valence-electron chi connectivity index (χ3n) is 6.89. The van der Waals surface area contributed by atoms with Crippen LogP contribution >= 0.6 is 0 Å². The number of aliphatic hydroxyl groups excluding tert-OH is 2. The zero-order valence-corrected chi connectivity index (χ0v) is 21.9. The van der Waals surface area contributed by atoms with Crippen LogP contribution in [0.4, 0.5) is 0 Å². The average Bonchev–Trinajstić information content (AvgIpc) is 2.99. The largest absolute Gasteiger partial charge is 0.396 e. The molecule has 4 aromatic carbocycles. The Labute approximate surface area is 226 Å². The van der Waals surface area contributed by atoms with E-state index >= 15 is 0 Å². The van der Waals surface area contributed by atoms with Gasteiger partial charge in [0.25, 0.3) is 0 Å². The molecule has 38 heavy (non-hydrogen) atoms. The number of nitrogens with one attached hydrogen (secondary N) is 1. The van der Waals surface area contributed by atoms with Crippen LogP contribution < -0.4 is 5.32 Å². The maximum atomic E-state index is 14.0. The van der Waals surface area contributed by atoms with Crippen LogP contribution in [-0.2, 0) is 12.8 Å². The van der Waals surface area contributed by atoms with Crippen molar-refractivity contribution >= 4 is 5.78 Å². The van der Waals surface area contributed by atoms with Crippen LogP contribution in [0.15, 0.2) is 97.1 Å². The Bertz CT molecular complexity index is 1190. The van der Waals surface area contributed by atoms with Gasteiger partial charge < -0.3 is 15.5 Å². The second-order valence-electron chi connectivity index (χ2n) is 9.50. The van der Waals surface area contributed by atoms with E-state index in [9.17, 15) is 15.0 Å². The fourth-order valence-electron chi connectivity index (χ4n) is 5.07. The zero-order chi connectivity index (χ0) is 26.6. The number of piperidine rings is 1. The molecule has 3 N–H and O–H groups in total. The van der Waals surface area contributed by atoms with Crippen LogP contribution in [0.2, 0.25) is 0 Å². The number of ketones is 1. The Balaban J connectivity index is 0.000000494. The van der Waals surface area contributed by atoms with Crippen molar-refractivity contribution in [3.05, 3.63) is 119 Å². The van der Waals surface area contributed by atoms with E-state index in [0.717, 1.165) is 33.4 Å². The molecular weight excluding hydrogens is 470 g/mol. The van der Waals surface area contributed by atoms with E-state index in [1.54, 1.807) is 0 Å². The predicted octanol–water partition coefficient (Wildman–Crippen LogP) is 6.08. The van der Waals surface area contributed by atoms with Crippen molar-refractivity contribution in [1.29, 1.82) is 0 Å². The van der Waals surface area contributed by atoms with E-state index in [0.29, 0.717) is 24.0 Å². The Hall–Kier alpha value is -3.57. The Morgan fingerprint density at radius 2 is 1.03 bits per heavy atom. The van der Waals surface area contributed by atoms with Gasteiger partial charge in [0.05, 0.1) is 0 Å². The van der Waals surface area contributed by atoms with Crippen molar-refractivity contribution in [2.45, 2.75) is 32.1 Å². The number of benzene rings is 4. The lowest BCUT2D eigenvalue weighted by molar-refractivity contribution is 0.103. The summed E-state index contributed by atoms with van der Waals surface area (Å²) in [4.78, 5) is 14.0. The molecule has 0 aliphatic carbocycles. The highest BCUT2D eigenvalue weighted by atomic mass is 16.3. The van der Waals surface area contributed by atoms with Gasteiger partial charge in [0.15, 0.2) is 5.78 Å². The summed E-state index contributed by atoms with van der Waals surface area (Å²) in [5, 5.41) is 22.5. The molecule has 5 rings (SSSR count). The van der Waals surface area contributed by atoms with Gasteiger partial charge in [-0.05, 0) is 72.2 Å². The maximum absolute atomic E-state index is 14.0. The molecule has 0 bridgehead atoms. The highest BCUT2D eigenvalue weighted by Crippen LogP contribution is 2.34. The van der Waals surface area contributed by atoms with E-state index in [1.807, 2.05) is 97.1 Å². The van der Waals surface area contributed by atoms with Gasteiger partial charge in [-0.25, -0.2) is 0 Å². The molecule has 0 amide bonds. The zero-order valence-electron chi connectivity index (χ0n) is 21.9. The van der Waals surface area contributed by atoms with Gasteiger partial charge in [0, 0.05) is 24.3 Å². The van der Waals surface area contributed by atoms with Gasteiger partial charge in [-0.15, -0.1) is 0 Å². The monoisotopic (exact) mass is 507 g/mol. The first-order chi connectivity index (χ1) is 18.7. The summed E-state index contributed by atoms with van der Waals surface area (Å²) < 4.78 is 0. The minimum atomic E-state index is -0.0673. The lowest BCUT2D eigenvalue weighted by Gasteiger charge is -2.18. The average molecular weight is 508 g/mol. The van der Waals surface area contributed by atoms with E-state index < -0.39 is 0 Å². The molecule has 1 aliphatic heterocycles. The van der Waals surface area contributed by atoms with Gasteiger partial charge in [-0.2, -0.15) is 0 Å². The summed E-state index contributed by atoms with van der Waals surface area (Å²) in [6, 6.07) is 31.1. The normalized spacial score (nSPS) is 12.9. The lowest BCUT2D eigenvalue weighted by atomic mass is 9.85. The maximum Gasteiger partial charge on any atom is 0.194 e. The minimum absolute atomic E-state index is 0.0126. The van der Waals surface area contributed by atoms with Gasteiger partial charge in [0.2, 0.25) is 0 Å². The van der Waals surface area contributed by atoms with Gasteiger partial charge in [-0.1, -0.05) is 103 Å². The van der Waals surface area contributed by atoms with Crippen molar-refractivity contribution in [2.24, 2.45) is 0 Å². The Morgan fingerprint density at radius 3 is 1.37 bits per heavy atom. The van der Waals surface area contributed by atoms with Gasteiger partial charge >= 0.3 is 0 Å². The molecule has 1 heterocycles. The number of hydrogen-bond acceptors (Lipinski definition) is 4. The summed E-state index contributed by atoms with van der Waals surface area (Å²) in [6.45, 7) is 2.53. The number of carbonyl (C=O) groups is 1. The topological polar surface area (TPSA) is 69.6 Å². The number of rotatable bonds is 8. The molecule has 1 aliphatic rings. The highest BCUT2D eigenvalue weighted by Gasteiger charge is 2.22. The van der Waals surface area contributed by atoms with E-state index in [-0.39, 0.29) is 19.0 Å². The Kier molecular flexibility index (Phi) is 10.4. The SMILES string of the molecule is C1CCNCC1.O=C(c1cccc(CCO)c1-c1ccccc1)c1cccc(CCO)c1-c1ccccc1. The second-order valence-corrected chi connectivity index (χ2v) is 9.50. The minimum Gasteiger partial charge on any atom is -0.396 e. The summed E-state index contributed by atoms with van der Waals surface area (Å²) in [7, 11) is 0. The molecular formula is C34H37NO3. The molecule has 4 heteroatoms. The highest BCUT2D eigenvalue weighted by molar-refractivity contribution is 6.16. The molecule has 0 unspecified atom stereocenters.